The normalized spacial score (nSPS) is 42.6. The third kappa shape index (κ3) is 2.10. The SMILES string of the molecule is CC1CC(C)(C)OC2(CCCNC2)N1. The van der Waals surface area contributed by atoms with Crippen LogP contribution in [0.3, 0.4) is 0 Å². The van der Waals surface area contributed by atoms with Crippen LogP contribution in [-0.4, -0.2) is 30.5 Å². The molecule has 3 nitrogen and oxygen atoms in total. The molecule has 2 fully saturated rings. The molecule has 3 heteroatoms. The summed E-state index contributed by atoms with van der Waals surface area (Å²) >= 11 is 0. The van der Waals surface area contributed by atoms with Crippen molar-refractivity contribution in [2.75, 3.05) is 13.1 Å². The maximum absolute atomic E-state index is 6.20. The van der Waals surface area contributed by atoms with E-state index < -0.39 is 0 Å². The molecule has 0 radical (unpaired) electrons. The third-order valence-corrected chi connectivity index (χ3v) is 3.12. The fourth-order valence-electron chi connectivity index (χ4n) is 2.93. The minimum absolute atomic E-state index is 0.0175. The second-order valence-electron chi connectivity index (χ2n) is 5.39. The van der Waals surface area contributed by atoms with Gasteiger partial charge in [0.15, 0.2) is 0 Å². The van der Waals surface area contributed by atoms with Crippen LogP contribution in [0.15, 0.2) is 0 Å². The first kappa shape index (κ1) is 10.4. The summed E-state index contributed by atoms with van der Waals surface area (Å²) in [6.07, 6.45) is 3.43. The van der Waals surface area contributed by atoms with Crippen molar-refractivity contribution in [3.8, 4) is 0 Å². The second-order valence-corrected chi connectivity index (χ2v) is 5.39. The Bertz CT molecular complexity index is 209. The zero-order chi connectivity index (χ0) is 10.2. The maximum Gasteiger partial charge on any atom is 0.132 e. The molecule has 14 heavy (non-hydrogen) atoms. The zero-order valence-corrected chi connectivity index (χ0v) is 9.52. The van der Waals surface area contributed by atoms with Crippen LogP contribution in [-0.2, 0) is 4.74 Å². The Labute approximate surface area is 86.6 Å². The minimum Gasteiger partial charge on any atom is -0.353 e. The number of ether oxygens (including phenoxy) is 1. The van der Waals surface area contributed by atoms with Crippen LogP contribution in [0.4, 0.5) is 0 Å². The number of hydrogen-bond acceptors (Lipinski definition) is 3. The first-order valence-electron chi connectivity index (χ1n) is 5.70. The molecule has 2 rings (SSSR count). The number of piperidine rings is 1. The van der Waals surface area contributed by atoms with Crippen LogP contribution >= 0.6 is 0 Å². The molecule has 2 atom stereocenters. The van der Waals surface area contributed by atoms with E-state index in [0.717, 1.165) is 25.9 Å². The Balaban J connectivity index is 2.10. The quantitative estimate of drug-likeness (QED) is 0.614. The van der Waals surface area contributed by atoms with Gasteiger partial charge >= 0.3 is 0 Å². The van der Waals surface area contributed by atoms with Crippen molar-refractivity contribution >= 4 is 0 Å². The Kier molecular flexibility index (Phi) is 2.58. The van der Waals surface area contributed by atoms with Crippen molar-refractivity contribution < 1.29 is 4.74 Å². The third-order valence-electron chi connectivity index (χ3n) is 3.12. The molecule has 0 bridgehead atoms. The molecule has 2 aliphatic heterocycles. The lowest BCUT2D eigenvalue weighted by atomic mass is 9.91. The van der Waals surface area contributed by atoms with Gasteiger partial charge in [-0.05, 0) is 46.6 Å². The van der Waals surface area contributed by atoms with Crippen molar-refractivity contribution in [3.05, 3.63) is 0 Å². The summed E-state index contributed by atoms with van der Waals surface area (Å²) < 4.78 is 6.20. The van der Waals surface area contributed by atoms with E-state index in [9.17, 15) is 0 Å². The smallest absolute Gasteiger partial charge is 0.132 e. The molecule has 0 aromatic rings. The molecule has 0 aromatic carbocycles. The van der Waals surface area contributed by atoms with E-state index in [2.05, 4.69) is 31.4 Å². The van der Waals surface area contributed by atoms with Crippen LogP contribution in [0.2, 0.25) is 0 Å². The Morgan fingerprint density at radius 2 is 2.14 bits per heavy atom. The Morgan fingerprint density at radius 3 is 2.71 bits per heavy atom. The highest BCUT2D eigenvalue weighted by Gasteiger charge is 2.43. The zero-order valence-electron chi connectivity index (χ0n) is 9.52. The molecule has 2 aliphatic rings. The van der Waals surface area contributed by atoms with E-state index in [1.54, 1.807) is 0 Å². The van der Waals surface area contributed by atoms with Gasteiger partial charge in [0.1, 0.15) is 5.72 Å². The summed E-state index contributed by atoms with van der Waals surface area (Å²) in [6, 6.07) is 0.554. The molecule has 0 saturated carbocycles. The predicted octanol–water partition coefficient (Wildman–Crippen LogP) is 1.24. The molecule has 0 aliphatic carbocycles. The van der Waals surface area contributed by atoms with Crippen LogP contribution in [0.25, 0.3) is 0 Å². The summed E-state index contributed by atoms with van der Waals surface area (Å²) in [7, 11) is 0. The fourth-order valence-corrected chi connectivity index (χ4v) is 2.93. The topological polar surface area (TPSA) is 33.3 Å². The molecule has 2 heterocycles. The van der Waals surface area contributed by atoms with Crippen molar-refractivity contribution in [2.45, 2.75) is 57.4 Å². The summed E-state index contributed by atoms with van der Waals surface area (Å²) in [4.78, 5) is 0. The van der Waals surface area contributed by atoms with Crippen molar-refractivity contribution in [1.82, 2.24) is 10.6 Å². The van der Waals surface area contributed by atoms with Crippen molar-refractivity contribution in [1.29, 1.82) is 0 Å². The summed E-state index contributed by atoms with van der Waals surface area (Å²) in [5, 5.41) is 7.02. The molecule has 2 unspecified atom stereocenters. The Hall–Kier alpha value is -0.120. The van der Waals surface area contributed by atoms with Crippen LogP contribution < -0.4 is 10.6 Å². The van der Waals surface area contributed by atoms with Gasteiger partial charge in [-0.1, -0.05) is 0 Å². The van der Waals surface area contributed by atoms with Crippen LogP contribution in [0.5, 0.6) is 0 Å². The van der Waals surface area contributed by atoms with Crippen LogP contribution in [0, 0.1) is 0 Å². The highest BCUT2D eigenvalue weighted by molar-refractivity contribution is 4.95. The number of nitrogens with one attached hydrogen (secondary N) is 2. The van der Waals surface area contributed by atoms with Crippen molar-refractivity contribution in [2.24, 2.45) is 0 Å². The highest BCUT2D eigenvalue weighted by Crippen LogP contribution is 2.32. The van der Waals surface area contributed by atoms with Gasteiger partial charge < -0.3 is 10.1 Å². The van der Waals surface area contributed by atoms with Gasteiger partial charge in [0.25, 0.3) is 0 Å². The monoisotopic (exact) mass is 198 g/mol. The molecule has 2 N–H and O–H groups in total. The van der Waals surface area contributed by atoms with E-state index in [4.69, 9.17) is 4.74 Å². The average molecular weight is 198 g/mol. The first-order chi connectivity index (χ1) is 6.52. The Morgan fingerprint density at radius 1 is 1.36 bits per heavy atom. The van der Waals surface area contributed by atoms with Gasteiger partial charge in [0.05, 0.1) is 5.60 Å². The summed E-state index contributed by atoms with van der Waals surface area (Å²) in [5.74, 6) is 0. The lowest BCUT2D eigenvalue weighted by Crippen LogP contribution is -2.66. The summed E-state index contributed by atoms with van der Waals surface area (Å²) in [6.45, 7) is 8.71. The molecule has 2 saturated heterocycles. The van der Waals surface area contributed by atoms with Gasteiger partial charge in [-0.25, -0.2) is 0 Å². The van der Waals surface area contributed by atoms with E-state index in [1.165, 1.54) is 6.42 Å². The van der Waals surface area contributed by atoms with Gasteiger partial charge in [-0.2, -0.15) is 0 Å². The first-order valence-corrected chi connectivity index (χ1v) is 5.70. The minimum atomic E-state index is -0.0978. The van der Waals surface area contributed by atoms with Gasteiger partial charge in [0, 0.05) is 12.6 Å². The summed E-state index contributed by atoms with van der Waals surface area (Å²) in [5.41, 5.74) is -0.0803. The number of rotatable bonds is 0. The second kappa shape index (κ2) is 3.47. The lowest BCUT2D eigenvalue weighted by molar-refractivity contribution is -0.202. The molecule has 0 amide bonds. The van der Waals surface area contributed by atoms with E-state index >= 15 is 0 Å². The molecule has 82 valence electrons. The highest BCUT2D eigenvalue weighted by atomic mass is 16.5. The van der Waals surface area contributed by atoms with Crippen molar-refractivity contribution in [3.63, 3.8) is 0 Å². The molecular formula is C11H22N2O. The van der Waals surface area contributed by atoms with E-state index in [1.807, 2.05) is 0 Å². The van der Waals surface area contributed by atoms with Gasteiger partial charge in [-0.3, -0.25) is 5.32 Å². The van der Waals surface area contributed by atoms with E-state index in [-0.39, 0.29) is 11.3 Å². The fraction of sp³-hybridized carbons (Fsp3) is 1.00. The molecule has 1 spiro atoms. The average Bonchev–Trinajstić information content (AvgIpc) is 2.00. The molecular weight excluding hydrogens is 176 g/mol. The standard InChI is InChI=1S/C11H22N2O/c1-9-7-10(2,3)14-11(13-9)5-4-6-12-8-11/h9,12-13H,4-8H2,1-3H3. The molecule has 0 aromatic heterocycles. The maximum atomic E-state index is 6.20. The van der Waals surface area contributed by atoms with Gasteiger partial charge in [-0.15, -0.1) is 0 Å². The number of hydrogen-bond donors (Lipinski definition) is 2. The lowest BCUT2D eigenvalue weighted by Gasteiger charge is -2.50. The van der Waals surface area contributed by atoms with Crippen LogP contribution in [0.1, 0.15) is 40.0 Å². The largest absolute Gasteiger partial charge is 0.353 e. The van der Waals surface area contributed by atoms with Gasteiger partial charge in [0.2, 0.25) is 0 Å². The van der Waals surface area contributed by atoms with E-state index in [0.29, 0.717) is 6.04 Å². The predicted molar refractivity (Wildman–Crippen MR) is 57.2 cm³/mol.